The van der Waals surface area contributed by atoms with E-state index in [0.717, 1.165) is 54.8 Å². The van der Waals surface area contributed by atoms with Crippen molar-refractivity contribution in [2.75, 3.05) is 26.8 Å². The first kappa shape index (κ1) is 28.8. The number of aromatic amines is 1. The lowest BCUT2D eigenvalue weighted by atomic mass is 9.96. The second-order valence-electron chi connectivity index (χ2n) is 11.4. The Balaban J connectivity index is 1.10. The summed E-state index contributed by atoms with van der Waals surface area (Å²) in [6.07, 6.45) is 3.60. The summed E-state index contributed by atoms with van der Waals surface area (Å²) in [7, 11) is 1.72. The van der Waals surface area contributed by atoms with E-state index in [0.29, 0.717) is 36.3 Å². The van der Waals surface area contributed by atoms with Crippen molar-refractivity contribution < 1.29 is 13.9 Å². The average molecular weight is 585 g/mol. The first-order valence-electron chi connectivity index (χ1n) is 14.9. The number of hydrogen-bond donors (Lipinski definition) is 2. The molecule has 3 aromatic carbocycles. The fourth-order valence-corrected chi connectivity index (χ4v) is 6.27. The lowest BCUT2D eigenvalue weighted by Crippen LogP contribution is -2.42. The molecule has 5 aromatic rings. The number of halogens is 1. The Labute approximate surface area is 249 Å². The van der Waals surface area contributed by atoms with Crippen LogP contribution in [-0.4, -0.2) is 62.8 Å². The summed E-state index contributed by atoms with van der Waals surface area (Å²) in [5.41, 5.74) is 10.9. The van der Waals surface area contributed by atoms with Crippen LogP contribution in [-0.2, 0) is 22.5 Å². The van der Waals surface area contributed by atoms with Crippen LogP contribution in [0.4, 0.5) is 4.39 Å². The maximum atomic E-state index is 13.6. The van der Waals surface area contributed by atoms with E-state index in [4.69, 9.17) is 15.5 Å². The van der Waals surface area contributed by atoms with Gasteiger partial charge in [0, 0.05) is 51.7 Å². The van der Waals surface area contributed by atoms with Gasteiger partial charge >= 0.3 is 5.69 Å². The Kier molecular flexibility index (Phi) is 8.40. The topological polar surface area (TPSA) is 111 Å². The van der Waals surface area contributed by atoms with Crippen LogP contribution in [0.2, 0.25) is 0 Å². The second-order valence-corrected chi connectivity index (χ2v) is 11.4. The summed E-state index contributed by atoms with van der Waals surface area (Å²) < 4.78 is 22.7. The molecule has 3 heterocycles. The highest BCUT2D eigenvalue weighted by molar-refractivity contribution is 5.78. The zero-order chi connectivity index (χ0) is 29.9. The number of methoxy groups -OCH3 is 1. The molecule has 0 spiro atoms. The number of imidazole rings is 2. The third kappa shape index (κ3) is 6.11. The summed E-state index contributed by atoms with van der Waals surface area (Å²) in [6, 6.07) is 19.6. The fourth-order valence-electron chi connectivity index (χ4n) is 6.27. The monoisotopic (exact) mass is 584 g/mol. The minimum absolute atomic E-state index is 0.0634. The van der Waals surface area contributed by atoms with Gasteiger partial charge in [-0.25, -0.2) is 14.2 Å². The van der Waals surface area contributed by atoms with Gasteiger partial charge in [0.05, 0.1) is 27.8 Å². The van der Waals surface area contributed by atoms with Gasteiger partial charge in [-0.3, -0.25) is 9.36 Å². The predicted molar refractivity (Wildman–Crippen MR) is 165 cm³/mol. The quantitative estimate of drug-likeness (QED) is 0.235. The van der Waals surface area contributed by atoms with Crippen molar-refractivity contribution in [3.63, 3.8) is 0 Å². The Morgan fingerprint density at radius 3 is 2.77 bits per heavy atom. The minimum atomic E-state index is -0.405. The fraction of sp³-hybridized carbons (Fsp3) is 0.364. The third-order valence-electron chi connectivity index (χ3n) is 8.33. The van der Waals surface area contributed by atoms with Crippen molar-refractivity contribution in [2.45, 2.75) is 50.6 Å². The number of rotatable bonds is 10. The van der Waals surface area contributed by atoms with Gasteiger partial charge in [-0.15, -0.1) is 0 Å². The molecule has 1 amide bonds. The number of carbonyl (C=O) groups is 1. The first-order valence-corrected chi connectivity index (χ1v) is 14.9. The van der Waals surface area contributed by atoms with Crippen molar-refractivity contribution in [1.29, 1.82) is 0 Å². The summed E-state index contributed by atoms with van der Waals surface area (Å²) in [6.45, 7) is 2.87. The number of likely N-dealkylation sites (tertiary alicyclic amines) is 1. The summed E-state index contributed by atoms with van der Waals surface area (Å²) in [5.74, 6) is 0.866. The zero-order valence-corrected chi connectivity index (χ0v) is 24.3. The zero-order valence-electron chi connectivity index (χ0n) is 24.3. The van der Waals surface area contributed by atoms with E-state index in [-0.39, 0.29) is 30.0 Å². The number of aryl methyl sites for hydroxylation is 1. The normalized spacial score (nSPS) is 16.3. The number of para-hydroxylation sites is 2. The Morgan fingerprint density at radius 1 is 1.14 bits per heavy atom. The lowest BCUT2D eigenvalue weighted by molar-refractivity contribution is -0.132. The minimum Gasteiger partial charge on any atom is -0.385 e. The molecule has 1 aliphatic heterocycles. The number of H-pyrrole nitrogens is 1. The molecule has 6 rings (SSSR count). The van der Waals surface area contributed by atoms with Crippen LogP contribution in [0, 0.1) is 5.82 Å². The number of piperidine rings is 1. The number of amides is 1. The van der Waals surface area contributed by atoms with E-state index in [1.807, 2.05) is 47.4 Å². The maximum Gasteiger partial charge on any atom is 0.331 e. The number of nitrogens with zero attached hydrogens (tertiary/aromatic N) is 4. The molecule has 9 nitrogen and oxygen atoms in total. The van der Waals surface area contributed by atoms with Crippen LogP contribution in [0.3, 0.4) is 0 Å². The van der Waals surface area contributed by atoms with E-state index in [2.05, 4.69) is 15.6 Å². The predicted octanol–water partition coefficient (Wildman–Crippen LogP) is 4.51. The Hall–Kier alpha value is -4.28. The molecule has 1 fully saturated rings. The highest BCUT2D eigenvalue weighted by Crippen LogP contribution is 2.30. The number of carbonyl (C=O) groups excluding carboxylic acids is 1. The second kappa shape index (κ2) is 12.5. The molecule has 3 N–H and O–H groups in total. The highest BCUT2D eigenvalue weighted by Gasteiger charge is 2.29. The van der Waals surface area contributed by atoms with Gasteiger partial charge in [-0.05, 0) is 73.7 Å². The maximum absolute atomic E-state index is 13.6. The van der Waals surface area contributed by atoms with Gasteiger partial charge in [0.25, 0.3) is 0 Å². The molecule has 2 unspecified atom stereocenters. The van der Waals surface area contributed by atoms with E-state index >= 15 is 0 Å². The molecular formula is C33H37FN6O3. The molecule has 0 radical (unpaired) electrons. The molecule has 0 bridgehead atoms. The SMILES string of the molecule is COCCCn1c(C2CCCN(C(=O)CC(N)Cc3ccc(-n4c(=O)[nH]c5cc(F)ccc54)cc3)C2)nc2ccccc21. The molecule has 1 aliphatic rings. The van der Waals surface area contributed by atoms with Crippen LogP contribution in [0.25, 0.3) is 27.8 Å². The molecule has 1 saturated heterocycles. The largest absolute Gasteiger partial charge is 0.385 e. The van der Waals surface area contributed by atoms with Gasteiger partial charge in [0.1, 0.15) is 11.6 Å². The molecule has 2 aromatic heterocycles. The summed E-state index contributed by atoms with van der Waals surface area (Å²) in [5, 5.41) is 0. The van der Waals surface area contributed by atoms with Crippen LogP contribution in [0.1, 0.15) is 43.0 Å². The van der Waals surface area contributed by atoms with Crippen molar-refractivity contribution in [1.82, 2.24) is 24.0 Å². The number of nitrogens with one attached hydrogen (secondary N) is 1. The molecule has 0 aliphatic carbocycles. The average Bonchev–Trinajstić information content (AvgIpc) is 3.54. The van der Waals surface area contributed by atoms with Crippen molar-refractivity contribution in [3.8, 4) is 5.69 Å². The van der Waals surface area contributed by atoms with Gasteiger partial charge in [0.15, 0.2) is 0 Å². The van der Waals surface area contributed by atoms with Crippen LogP contribution < -0.4 is 11.4 Å². The Morgan fingerprint density at radius 2 is 1.95 bits per heavy atom. The molecule has 43 heavy (non-hydrogen) atoms. The van der Waals surface area contributed by atoms with Crippen LogP contribution in [0.5, 0.6) is 0 Å². The molecule has 224 valence electrons. The molecule has 2 atom stereocenters. The number of fused-ring (bicyclic) bond motifs is 2. The van der Waals surface area contributed by atoms with Crippen molar-refractivity contribution >= 4 is 28.0 Å². The third-order valence-corrected chi connectivity index (χ3v) is 8.33. The molecular weight excluding hydrogens is 547 g/mol. The standard InChI is InChI=1S/C33H37FN6O3/c1-43-17-5-16-39-29-8-3-2-7-27(29)36-32(39)23-6-4-15-38(21-23)31(41)20-25(35)18-22-9-12-26(13-10-22)40-30-14-11-24(34)19-28(30)37-33(40)42/h2-3,7-14,19,23,25H,4-6,15-18,20-21,35H2,1H3,(H,37,42). The first-order chi connectivity index (χ1) is 20.9. The van der Waals surface area contributed by atoms with Crippen molar-refractivity contribution in [3.05, 3.63) is 94.4 Å². The van der Waals surface area contributed by atoms with Gasteiger partial charge in [0.2, 0.25) is 5.91 Å². The van der Waals surface area contributed by atoms with E-state index in [1.165, 1.54) is 16.7 Å². The molecule has 0 saturated carbocycles. The van der Waals surface area contributed by atoms with Gasteiger partial charge in [-0.2, -0.15) is 0 Å². The van der Waals surface area contributed by atoms with Gasteiger partial charge in [-0.1, -0.05) is 24.3 Å². The summed E-state index contributed by atoms with van der Waals surface area (Å²) >= 11 is 0. The number of hydrogen-bond acceptors (Lipinski definition) is 5. The van der Waals surface area contributed by atoms with Crippen LogP contribution >= 0.6 is 0 Å². The van der Waals surface area contributed by atoms with Crippen LogP contribution in [0.15, 0.2) is 71.5 Å². The number of ether oxygens (including phenoxy) is 1. The number of nitrogens with two attached hydrogens (primary N) is 1. The van der Waals surface area contributed by atoms with Gasteiger partial charge < -0.3 is 24.9 Å². The number of aromatic nitrogens is 4. The van der Waals surface area contributed by atoms with E-state index in [9.17, 15) is 14.0 Å². The Bertz CT molecular complexity index is 1790. The van der Waals surface area contributed by atoms with E-state index in [1.54, 1.807) is 13.2 Å². The van der Waals surface area contributed by atoms with Crippen molar-refractivity contribution in [2.24, 2.45) is 5.73 Å². The highest BCUT2D eigenvalue weighted by atomic mass is 19.1. The smallest absolute Gasteiger partial charge is 0.331 e. The van der Waals surface area contributed by atoms with E-state index < -0.39 is 5.82 Å². The molecule has 10 heteroatoms. The summed E-state index contributed by atoms with van der Waals surface area (Å²) in [4.78, 5) is 35.5. The lowest BCUT2D eigenvalue weighted by Gasteiger charge is -2.33. The number of benzene rings is 3.